The maximum atomic E-state index is 12.8. The number of fused-ring (bicyclic) bond motifs is 1. The lowest BCUT2D eigenvalue weighted by Crippen LogP contribution is -2.16. The third-order valence-corrected chi connectivity index (χ3v) is 8.17. The number of aromatic nitrogens is 1. The van der Waals surface area contributed by atoms with Crippen LogP contribution in [0.2, 0.25) is 0 Å². The Morgan fingerprint density at radius 1 is 1.09 bits per heavy atom. The molecule has 3 heterocycles. The fraction of sp³-hybridized carbons (Fsp3) is 0.217. The Kier molecular flexibility index (Phi) is 5.44. The van der Waals surface area contributed by atoms with Crippen LogP contribution in [0.1, 0.15) is 29.0 Å². The van der Waals surface area contributed by atoms with Gasteiger partial charge in [0.1, 0.15) is 0 Å². The Labute approximate surface area is 189 Å². The number of hydrogen-bond donors (Lipinski definition) is 1. The molecular weight excluding hydrogens is 446 g/mol. The summed E-state index contributed by atoms with van der Waals surface area (Å²) in [6, 6.07) is 15.2. The number of carbonyl (C=O) groups excluding carboxylic acids is 1. The zero-order valence-electron chi connectivity index (χ0n) is 17.2. The number of thiazole rings is 1. The van der Waals surface area contributed by atoms with Gasteiger partial charge in [0.05, 0.1) is 27.1 Å². The lowest BCUT2D eigenvalue weighted by Gasteiger charge is -2.11. The predicted molar refractivity (Wildman–Crippen MR) is 125 cm³/mol. The summed E-state index contributed by atoms with van der Waals surface area (Å²) >= 11 is 1.60. The molecular formula is C23H21N3O4S2. The fourth-order valence-electron chi connectivity index (χ4n) is 3.79. The van der Waals surface area contributed by atoms with E-state index in [1.165, 1.54) is 37.3 Å². The molecule has 9 heteroatoms. The molecule has 0 bridgehead atoms. The van der Waals surface area contributed by atoms with E-state index in [0.717, 1.165) is 28.4 Å². The number of sulfone groups is 1. The number of amides is 1. The summed E-state index contributed by atoms with van der Waals surface area (Å²) in [4.78, 5) is 20.0. The summed E-state index contributed by atoms with van der Waals surface area (Å²) in [6.07, 6.45) is 3.70. The first-order valence-corrected chi connectivity index (χ1v) is 12.8. The smallest absolute Gasteiger partial charge is 0.291 e. The standard InChI is InChI=1S/C23H21N3O4S2/c27-22(21-16(10-13-30-21)15-32(28,29)18-6-2-1-3-7-18)24-17-8-9-19-20(14-17)31-23(25-19)26-11-4-5-12-26/h1-3,6-10,13-14H,4-5,11-12,15H2,(H,24,27). The monoisotopic (exact) mass is 467 g/mol. The number of furan rings is 1. The van der Waals surface area contributed by atoms with E-state index in [2.05, 4.69) is 10.2 Å². The van der Waals surface area contributed by atoms with E-state index in [1.54, 1.807) is 35.6 Å². The highest BCUT2D eigenvalue weighted by molar-refractivity contribution is 7.90. The highest BCUT2D eigenvalue weighted by Gasteiger charge is 2.23. The first kappa shape index (κ1) is 20.7. The van der Waals surface area contributed by atoms with E-state index >= 15 is 0 Å². The van der Waals surface area contributed by atoms with Crippen LogP contribution in [0.15, 0.2) is 70.2 Å². The summed E-state index contributed by atoms with van der Waals surface area (Å²) in [6.45, 7) is 2.05. The maximum Gasteiger partial charge on any atom is 0.291 e. The van der Waals surface area contributed by atoms with Crippen LogP contribution in [0.5, 0.6) is 0 Å². The van der Waals surface area contributed by atoms with Crippen LogP contribution < -0.4 is 10.2 Å². The minimum absolute atomic E-state index is 0.00772. The van der Waals surface area contributed by atoms with Gasteiger partial charge in [-0.3, -0.25) is 4.79 Å². The first-order chi connectivity index (χ1) is 15.5. The highest BCUT2D eigenvalue weighted by Crippen LogP contribution is 2.32. The number of carbonyl (C=O) groups is 1. The first-order valence-electron chi connectivity index (χ1n) is 10.3. The van der Waals surface area contributed by atoms with E-state index in [9.17, 15) is 13.2 Å². The van der Waals surface area contributed by atoms with Gasteiger partial charge in [0, 0.05) is 24.3 Å². The second-order valence-electron chi connectivity index (χ2n) is 7.67. The van der Waals surface area contributed by atoms with Crippen LogP contribution >= 0.6 is 11.3 Å². The van der Waals surface area contributed by atoms with E-state index < -0.39 is 15.7 Å². The van der Waals surface area contributed by atoms with Crippen molar-refractivity contribution in [1.82, 2.24) is 4.98 Å². The van der Waals surface area contributed by atoms with Gasteiger partial charge in [-0.15, -0.1) is 0 Å². The van der Waals surface area contributed by atoms with Crippen LogP contribution in [-0.4, -0.2) is 32.4 Å². The van der Waals surface area contributed by atoms with E-state index in [1.807, 2.05) is 12.1 Å². The number of rotatable bonds is 6. The molecule has 4 aromatic rings. The van der Waals surface area contributed by atoms with Gasteiger partial charge in [0.15, 0.2) is 20.7 Å². The zero-order chi connectivity index (χ0) is 22.1. The third kappa shape index (κ3) is 4.13. The van der Waals surface area contributed by atoms with Crippen molar-refractivity contribution in [2.45, 2.75) is 23.5 Å². The third-order valence-electron chi connectivity index (χ3n) is 5.41. The molecule has 1 N–H and O–H groups in total. The molecule has 1 saturated heterocycles. The number of anilines is 2. The van der Waals surface area contributed by atoms with Crippen LogP contribution in [0.25, 0.3) is 10.2 Å². The van der Waals surface area contributed by atoms with Crippen molar-refractivity contribution in [1.29, 1.82) is 0 Å². The normalized spacial score (nSPS) is 14.2. The molecule has 0 atom stereocenters. The van der Waals surface area contributed by atoms with E-state index in [4.69, 9.17) is 9.40 Å². The zero-order valence-corrected chi connectivity index (χ0v) is 18.8. The Morgan fingerprint density at radius 2 is 1.88 bits per heavy atom. The van der Waals surface area contributed by atoms with Crippen LogP contribution in [-0.2, 0) is 15.6 Å². The van der Waals surface area contributed by atoms with Crippen LogP contribution in [0, 0.1) is 0 Å². The number of nitrogens with one attached hydrogen (secondary N) is 1. The van der Waals surface area contributed by atoms with E-state index in [-0.39, 0.29) is 16.4 Å². The molecule has 0 spiro atoms. The van der Waals surface area contributed by atoms with Gasteiger partial charge in [-0.25, -0.2) is 13.4 Å². The molecule has 7 nitrogen and oxygen atoms in total. The van der Waals surface area contributed by atoms with Gasteiger partial charge < -0.3 is 14.6 Å². The summed E-state index contributed by atoms with van der Waals surface area (Å²) in [7, 11) is -3.60. The fourth-order valence-corrected chi connectivity index (χ4v) is 6.22. The van der Waals surface area contributed by atoms with Gasteiger partial charge in [-0.05, 0) is 49.2 Å². The molecule has 5 rings (SSSR count). The van der Waals surface area contributed by atoms with Gasteiger partial charge in [0.2, 0.25) is 0 Å². The van der Waals surface area contributed by atoms with Gasteiger partial charge >= 0.3 is 0 Å². The van der Waals surface area contributed by atoms with Crippen molar-refractivity contribution >= 4 is 48.1 Å². The number of nitrogens with zero attached hydrogens (tertiary/aromatic N) is 2. The Bertz CT molecular complexity index is 1370. The average Bonchev–Trinajstić information content (AvgIpc) is 3.54. The lowest BCUT2D eigenvalue weighted by atomic mass is 10.2. The van der Waals surface area contributed by atoms with Gasteiger partial charge in [-0.2, -0.15) is 0 Å². The van der Waals surface area contributed by atoms with Gasteiger partial charge in [-0.1, -0.05) is 29.5 Å². The molecule has 0 aliphatic carbocycles. The molecule has 2 aromatic carbocycles. The SMILES string of the molecule is O=C(Nc1ccc2nc(N3CCCC3)sc2c1)c1occc1CS(=O)(=O)c1ccccc1. The molecule has 164 valence electrons. The highest BCUT2D eigenvalue weighted by atomic mass is 32.2. The summed E-state index contributed by atoms with van der Waals surface area (Å²) in [5, 5.41) is 3.82. The van der Waals surface area contributed by atoms with Crippen molar-refractivity contribution in [2.24, 2.45) is 0 Å². The minimum atomic E-state index is -3.60. The van der Waals surface area contributed by atoms with Crippen LogP contribution in [0.4, 0.5) is 10.8 Å². The second-order valence-corrected chi connectivity index (χ2v) is 10.7. The average molecular weight is 468 g/mol. The molecule has 32 heavy (non-hydrogen) atoms. The number of benzene rings is 2. The molecule has 2 aromatic heterocycles. The maximum absolute atomic E-state index is 12.8. The second kappa shape index (κ2) is 8.40. The van der Waals surface area contributed by atoms with Crippen molar-refractivity contribution in [3.05, 3.63) is 72.2 Å². The van der Waals surface area contributed by atoms with Crippen LogP contribution in [0.3, 0.4) is 0 Å². The topological polar surface area (TPSA) is 92.5 Å². The Balaban J connectivity index is 1.34. The molecule has 0 unspecified atom stereocenters. The number of hydrogen-bond acceptors (Lipinski definition) is 7. The summed E-state index contributed by atoms with van der Waals surface area (Å²) < 4.78 is 31.7. The van der Waals surface area contributed by atoms with Gasteiger partial charge in [0.25, 0.3) is 5.91 Å². The lowest BCUT2D eigenvalue weighted by molar-refractivity contribution is 0.0996. The Morgan fingerprint density at radius 3 is 2.66 bits per heavy atom. The van der Waals surface area contributed by atoms with E-state index in [0.29, 0.717) is 11.3 Å². The van der Waals surface area contributed by atoms with Crippen molar-refractivity contribution in [3.63, 3.8) is 0 Å². The van der Waals surface area contributed by atoms with Crippen molar-refractivity contribution in [2.75, 3.05) is 23.3 Å². The summed E-state index contributed by atoms with van der Waals surface area (Å²) in [5.74, 6) is -0.813. The van der Waals surface area contributed by atoms with Crippen molar-refractivity contribution in [3.8, 4) is 0 Å². The van der Waals surface area contributed by atoms with Crippen molar-refractivity contribution < 1.29 is 17.6 Å². The predicted octanol–water partition coefficient (Wildman–Crippen LogP) is 4.72. The summed E-state index contributed by atoms with van der Waals surface area (Å²) in [5.41, 5.74) is 1.82. The molecule has 1 amide bonds. The molecule has 0 saturated carbocycles. The Hall–Kier alpha value is -3.17. The molecule has 0 radical (unpaired) electrons. The quantitative estimate of drug-likeness (QED) is 0.441. The molecule has 1 aliphatic rings. The largest absolute Gasteiger partial charge is 0.459 e. The minimum Gasteiger partial charge on any atom is -0.459 e. The molecule has 1 fully saturated rings. The molecule has 1 aliphatic heterocycles.